The predicted molar refractivity (Wildman–Crippen MR) is 112 cm³/mol. The van der Waals surface area contributed by atoms with Crippen LogP contribution in [0.2, 0.25) is 0 Å². The number of likely N-dealkylation sites (tertiary alicyclic amines) is 1. The number of nitro benzene ring substituents is 1. The van der Waals surface area contributed by atoms with Crippen LogP contribution in [-0.2, 0) is 14.3 Å². The monoisotopic (exact) mass is 422 g/mol. The lowest BCUT2D eigenvalue weighted by atomic mass is 9.94. The number of benzene rings is 2. The minimum absolute atomic E-state index is 0.117. The molecule has 1 amide bonds. The van der Waals surface area contributed by atoms with Gasteiger partial charge in [0.25, 0.3) is 17.4 Å². The lowest BCUT2D eigenvalue weighted by Gasteiger charge is -2.27. The van der Waals surface area contributed by atoms with Crippen LogP contribution >= 0.6 is 0 Å². The summed E-state index contributed by atoms with van der Waals surface area (Å²) in [5.74, 6) is -2.01. The second-order valence-corrected chi connectivity index (χ2v) is 7.77. The van der Waals surface area contributed by atoms with Gasteiger partial charge in [0.15, 0.2) is 0 Å². The fraction of sp³-hybridized carbons (Fsp3) is 0.304. The molecule has 2 fully saturated rings. The van der Waals surface area contributed by atoms with E-state index in [1.165, 1.54) is 23.1 Å². The van der Waals surface area contributed by atoms with Gasteiger partial charge in [-0.1, -0.05) is 42.0 Å². The molecule has 8 nitrogen and oxygen atoms in total. The molecule has 2 aliphatic rings. The van der Waals surface area contributed by atoms with E-state index in [1.807, 2.05) is 6.92 Å². The predicted octanol–water partition coefficient (Wildman–Crippen LogP) is 3.50. The van der Waals surface area contributed by atoms with Crippen molar-refractivity contribution in [3.63, 3.8) is 0 Å². The third kappa shape index (κ3) is 3.82. The topological polar surface area (TPSA) is 110 Å². The molecule has 0 unspecified atom stereocenters. The van der Waals surface area contributed by atoms with Crippen LogP contribution in [0.4, 0.5) is 5.69 Å². The summed E-state index contributed by atoms with van der Waals surface area (Å²) in [5, 5.41) is 22.7. The summed E-state index contributed by atoms with van der Waals surface area (Å²) in [4.78, 5) is 38.4. The van der Waals surface area contributed by atoms with Crippen LogP contribution in [0.15, 0.2) is 54.1 Å². The molecule has 2 aliphatic heterocycles. The van der Waals surface area contributed by atoms with Crippen LogP contribution < -0.4 is 0 Å². The van der Waals surface area contributed by atoms with Crippen molar-refractivity contribution < 1.29 is 24.4 Å². The van der Waals surface area contributed by atoms with Gasteiger partial charge in [-0.25, -0.2) is 0 Å². The number of carbonyl (C=O) groups excluding carboxylic acids is 2. The molecule has 160 valence electrons. The molecule has 2 atom stereocenters. The maximum Gasteiger partial charge on any atom is 0.295 e. The van der Waals surface area contributed by atoms with Crippen LogP contribution in [0.25, 0.3) is 5.76 Å². The number of Topliss-reactive ketones (excluding diaryl/α,β-unsaturated/α-hetero) is 1. The number of aliphatic hydroxyl groups excluding tert-OH is 1. The summed E-state index contributed by atoms with van der Waals surface area (Å²) in [7, 11) is 0. The first-order valence-corrected chi connectivity index (χ1v) is 10.1. The molecule has 2 heterocycles. The van der Waals surface area contributed by atoms with E-state index < -0.39 is 22.7 Å². The maximum absolute atomic E-state index is 13.0. The number of ether oxygens (including phenoxy) is 1. The zero-order chi connectivity index (χ0) is 22.1. The number of ketones is 1. The van der Waals surface area contributed by atoms with Gasteiger partial charge in [-0.05, 0) is 25.8 Å². The van der Waals surface area contributed by atoms with E-state index in [2.05, 4.69) is 0 Å². The molecule has 0 aromatic heterocycles. The number of rotatable bonds is 5. The highest BCUT2D eigenvalue weighted by molar-refractivity contribution is 6.46. The van der Waals surface area contributed by atoms with Crippen molar-refractivity contribution in [2.75, 3.05) is 13.2 Å². The van der Waals surface area contributed by atoms with Crippen LogP contribution in [-0.4, -0.2) is 45.9 Å². The summed E-state index contributed by atoms with van der Waals surface area (Å²) in [6.45, 7) is 2.57. The molecular weight excluding hydrogens is 400 g/mol. The van der Waals surface area contributed by atoms with Crippen molar-refractivity contribution in [1.82, 2.24) is 4.90 Å². The smallest absolute Gasteiger partial charge is 0.295 e. The van der Waals surface area contributed by atoms with Crippen LogP contribution in [0.5, 0.6) is 0 Å². The molecule has 0 spiro atoms. The Morgan fingerprint density at radius 1 is 1.19 bits per heavy atom. The number of amides is 1. The molecule has 0 saturated carbocycles. The summed E-state index contributed by atoms with van der Waals surface area (Å²) >= 11 is 0. The van der Waals surface area contributed by atoms with Gasteiger partial charge in [-0.2, -0.15) is 0 Å². The molecule has 0 radical (unpaired) electrons. The normalized spacial score (nSPS) is 22.8. The van der Waals surface area contributed by atoms with Gasteiger partial charge in [-0.15, -0.1) is 0 Å². The van der Waals surface area contributed by atoms with E-state index in [1.54, 1.807) is 30.3 Å². The number of nitrogens with zero attached hydrogens (tertiary/aromatic N) is 2. The number of hydrogen-bond acceptors (Lipinski definition) is 6. The van der Waals surface area contributed by atoms with Gasteiger partial charge in [-0.3, -0.25) is 19.7 Å². The van der Waals surface area contributed by atoms with Crippen LogP contribution in [0, 0.1) is 17.0 Å². The largest absolute Gasteiger partial charge is 0.507 e. The Kier molecular flexibility index (Phi) is 5.56. The number of aryl methyl sites for hydroxylation is 1. The summed E-state index contributed by atoms with van der Waals surface area (Å²) in [6, 6.07) is 11.7. The van der Waals surface area contributed by atoms with Gasteiger partial charge in [0, 0.05) is 24.8 Å². The minimum Gasteiger partial charge on any atom is -0.507 e. The van der Waals surface area contributed by atoms with E-state index in [-0.39, 0.29) is 35.2 Å². The van der Waals surface area contributed by atoms with E-state index >= 15 is 0 Å². The first-order chi connectivity index (χ1) is 14.9. The average Bonchev–Trinajstić information content (AvgIpc) is 3.36. The first-order valence-electron chi connectivity index (χ1n) is 10.1. The number of hydrogen-bond donors (Lipinski definition) is 1. The Morgan fingerprint density at radius 3 is 2.55 bits per heavy atom. The Hall–Kier alpha value is -3.52. The average molecular weight is 422 g/mol. The number of nitro groups is 1. The summed E-state index contributed by atoms with van der Waals surface area (Å²) in [6.07, 6.45) is 1.31. The summed E-state index contributed by atoms with van der Waals surface area (Å²) < 4.78 is 5.64. The molecule has 0 aliphatic carbocycles. The summed E-state index contributed by atoms with van der Waals surface area (Å²) in [5.41, 5.74) is 1.14. The van der Waals surface area contributed by atoms with Gasteiger partial charge >= 0.3 is 0 Å². The molecule has 2 aromatic carbocycles. The molecule has 4 rings (SSSR count). The fourth-order valence-electron chi connectivity index (χ4n) is 4.15. The highest BCUT2D eigenvalue weighted by atomic mass is 16.6. The third-order valence-corrected chi connectivity index (χ3v) is 5.72. The van der Waals surface area contributed by atoms with Crippen molar-refractivity contribution in [1.29, 1.82) is 0 Å². The highest BCUT2D eigenvalue weighted by Gasteiger charge is 2.48. The van der Waals surface area contributed by atoms with Crippen molar-refractivity contribution in [2.24, 2.45) is 0 Å². The van der Waals surface area contributed by atoms with E-state index in [4.69, 9.17) is 4.74 Å². The van der Waals surface area contributed by atoms with E-state index in [9.17, 15) is 24.8 Å². The zero-order valence-corrected chi connectivity index (χ0v) is 17.0. The number of para-hydroxylation sites is 1. The van der Waals surface area contributed by atoms with Crippen molar-refractivity contribution >= 4 is 23.1 Å². The Morgan fingerprint density at radius 2 is 1.90 bits per heavy atom. The molecule has 1 N–H and O–H groups in total. The van der Waals surface area contributed by atoms with Gasteiger partial charge in [0.2, 0.25) is 0 Å². The molecule has 2 saturated heterocycles. The van der Waals surface area contributed by atoms with Crippen molar-refractivity contribution in [3.05, 3.63) is 80.9 Å². The number of aliphatic hydroxyl groups is 1. The number of carbonyl (C=O) groups is 2. The van der Waals surface area contributed by atoms with Crippen molar-refractivity contribution in [3.8, 4) is 0 Å². The zero-order valence-electron chi connectivity index (χ0n) is 17.0. The van der Waals surface area contributed by atoms with E-state index in [0.29, 0.717) is 12.2 Å². The molecule has 0 bridgehead atoms. The molecule has 8 heteroatoms. The molecule has 31 heavy (non-hydrogen) atoms. The van der Waals surface area contributed by atoms with Gasteiger partial charge < -0.3 is 14.7 Å². The Bertz CT molecular complexity index is 1070. The highest BCUT2D eigenvalue weighted by Crippen LogP contribution is 2.43. The second-order valence-electron chi connectivity index (χ2n) is 7.77. The van der Waals surface area contributed by atoms with Gasteiger partial charge in [0.05, 0.1) is 28.2 Å². The van der Waals surface area contributed by atoms with Crippen molar-refractivity contribution in [2.45, 2.75) is 31.9 Å². The first kappa shape index (κ1) is 20.7. The quantitative estimate of drug-likeness (QED) is 0.260. The molecule has 2 aromatic rings. The lowest BCUT2D eigenvalue weighted by Crippen LogP contribution is -2.36. The third-order valence-electron chi connectivity index (χ3n) is 5.72. The maximum atomic E-state index is 13.0. The fourth-order valence-corrected chi connectivity index (χ4v) is 4.15. The Balaban J connectivity index is 1.89. The van der Waals surface area contributed by atoms with Crippen LogP contribution in [0.1, 0.15) is 35.6 Å². The SMILES string of the molecule is Cc1ccc(C(O)=C2C(=O)C(=O)N(C[C@@H]3CCCO3)[C@@H]2c2ccccc2[N+](=O)[O-])cc1. The lowest BCUT2D eigenvalue weighted by molar-refractivity contribution is -0.385. The standard InChI is InChI=1S/C23H22N2O6/c1-14-8-10-15(11-9-14)21(26)19-20(17-6-2-3-7-18(17)25(29)30)24(23(28)22(19)27)13-16-5-4-12-31-16/h2-3,6-11,16,20,26H,4-5,12-13H2,1H3/t16-,20+/m0/s1. The minimum atomic E-state index is -1.08. The molecular formula is C23H22N2O6. The van der Waals surface area contributed by atoms with Crippen LogP contribution in [0.3, 0.4) is 0 Å². The Labute approximate surface area is 178 Å². The second kappa shape index (κ2) is 8.31. The van der Waals surface area contributed by atoms with E-state index in [0.717, 1.165) is 18.4 Å². The van der Waals surface area contributed by atoms with Gasteiger partial charge in [0.1, 0.15) is 5.76 Å².